The quantitative estimate of drug-likeness (QED) is 0.932. The summed E-state index contributed by atoms with van der Waals surface area (Å²) in [7, 11) is 0. The molecule has 106 valence electrons. The van der Waals surface area contributed by atoms with Crippen LogP contribution in [0.1, 0.15) is 31.3 Å². The van der Waals surface area contributed by atoms with E-state index < -0.39 is 0 Å². The molecule has 20 heavy (non-hydrogen) atoms. The van der Waals surface area contributed by atoms with Gasteiger partial charge in [0.15, 0.2) is 6.61 Å². The van der Waals surface area contributed by atoms with Gasteiger partial charge in [-0.05, 0) is 12.1 Å². The van der Waals surface area contributed by atoms with Gasteiger partial charge in [0.05, 0.1) is 5.69 Å². The molecule has 0 unspecified atom stereocenters. The number of hydrogen-bond acceptors (Lipinski definition) is 4. The highest BCUT2D eigenvalue weighted by atomic mass is 16.5. The average Bonchev–Trinajstić information content (AvgIpc) is 2.79. The van der Waals surface area contributed by atoms with Crippen molar-refractivity contribution >= 4 is 11.7 Å². The molecule has 0 atom stereocenters. The van der Waals surface area contributed by atoms with Gasteiger partial charge < -0.3 is 10.5 Å². The zero-order chi connectivity index (χ0) is 14.8. The summed E-state index contributed by atoms with van der Waals surface area (Å²) in [4.78, 5) is 12.1. The van der Waals surface area contributed by atoms with E-state index in [0.717, 1.165) is 5.69 Å². The molecule has 2 N–H and O–H groups in total. The summed E-state index contributed by atoms with van der Waals surface area (Å²) in [5, 5.41) is 4.26. The number of para-hydroxylation sites is 1. The summed E-state index contributed by atoms with van der Waals surface area (Å²) in [5.74, 6) is 0.682. The number of ether oxygens (including phenoxy) is 1. The van der Waals surface area contributed by atoms with Crippen LogP contribution in [0.4, 0.5) is 5.82 Å². The molecule has 0 saturated heterocycles. The minimum atomic E-state index is -0.290. The zero-order valence-electron chi connectivity index (χ0n) is 12.0. The second-order valence-electron chi connectivity index (χ2n) is 5.61. The molecular formula is C15H19N3O2. The summed E-state index contributed by atoms with van der Waals surface area (Å²) < 4.78 is 6.60. The molecule has 0 radical (unpaired) electrons. The van der Waals surface area contributed by atoms with Crippen molar-refractivity contribution in [3.05, 3.63) is 42.1 Å². The number of hydrogen-bond donors (Lipinski definition) is 1. The van der Waals surface area contributed by atoms with Crippen molar-refractivity contribution in [3.8, 4) is 5.75 Å². The van der Waals surface area contributed by atoms with Crippen molar-refractivity contribution in [1.82, 2.24) is 9.78 Å². The van der Waals surface area contributed by atoms with E-state index in [1.807, 2.05) is 39.0 Å². The maximum atomic E-state index is 12.1. The standard InChI is InChI=1S/C15H19N3O2/c1-15(2,3)12-9-13(16)18(17-12)14(19)10-20-11-7-5-4-6-8-11/h4-9H,10,16H2,1-3H3. The Labute approximate surface area is 118 Å². The summed E-state index contributed by atoms with van der Waals surface area (Å²) in [5.41, 5.74) is 6.46. The van der Waals surface area contributed by atoms with Crippen molar-refractivity contribution in [1.29, 1.82) is 0 Å². The van der Waals surface area contributed by atoms with E-state index in [9.17, 15) is 4.79 Å². The Hall–Kier alpha value is -2.30. The summed E-state index contributed by atoms with van der Waals surface area (Å²) >= 11 is 0. The predicted molar refractivity (Wildman–Crippen MR) is 77.9 cm³/mol. The number of rotatable bonds is 3. The molecule has 1 aromatic carbocycles. The molecule has 0 bridgehead atoms. The first-order chi connectivity index (χ1) is 9.38. The van der Waals surface area contributed by atoms with Crippen LogP contribution in [0.2, 0.25) is 0 Å². The molecule has 0 amide bonds. The van der Waals surface area contributed by atoms with E-state index in [1.54, 1.807) is 18.2 Å². The van der Waals surface area contributed by atoms with Crippen LogP contribution in [-0.2, 0) is 5.41 Å². The van der Waals surface area contributed by atoms with Crippen LogP contribution in [0.3, 0.4) is 0 Å². The van der Waals surface area contributed by atoms with Crippen molar-refractivity contribution < 1.29 is 9.53 Å². The number of anilines is 1. The number of aromatic nitrogens is 2. The molecule has 2 rings (SSSR count). The second-order valence-corrected chi connectivity index (χ2v) is 5.61. The Kier molecular flexibility index (Phi) is 3.79. The lowest BCUT2D eigenvalue weighted by molar-refractivity contribution is 0.0823. The smallest absolute Gasteiger partial charge is 0.286 e. The van der Waals surface area contributed by atoms with E-state index in [4.69, 9.17) is 10.5 Å². The first kappa shape index (κ1) is 14.1. The molecule has 0 fully saturated rings. The normalized spacial score (nSPS) is 11.3. The van der Waals surface area contributed by atoms with Gasteiger partial charge in [0.25, 0.3) is 5.91 Å². The van der Waals surface area contributed by atoms with Crippen LogP contribution in [0.15, 0.2) is 36.4 Å². The van der Waals surface area contributed by atoms with E-state index in [-0.39, 0.29) is 17.9 Å². The van der Waals surface area contributed by atoms with Gasteiger partial charge in [-0.15, -0.1) is 0 Å². The van der Waals surface area contributed by atoms with Crippen molar-refractivity contribution in [2.75, 3.05) is 12.3 Å². The van der Waals surface area contributed by atoms with Crippen molar-refractivity contribution in [3.63, 3.8) is 0 Å². The molecule has 0 saturated carbocycles. The minimum absolute atomic E-state index is 0.0977. The fraction of sp³-hybridized carbons (Fsp3) is 0.333. The lowest BCUT2D eigenvalue weighted by atomic mass is 9.92. The molecule has 0 aliphatic rings. The monoisotopic (exact) mass is 273 g/mol. The third kappa shape index (κ3) is 3.17. The van der Waals surface area contributed by atoms with Crippen LogP contribution in [0.25, 0.3) is 0 Å². The van der Waals surface area contributed by atoms with Gasteiger partial charge in [0, 0.05) is 11.5 Å². The average molecular weight is 273 g/mol. The predicted octanol–water partition coefficient (Wildman–Crippen LogP) is 2.48. The Morgan fingerprint density at radius 3 is 2.50 bits per heavy atom. The molecule has 1 heterocycles. The lowest BCUT2D eigenvalue weighted by Crippen LogP contribution is -2.23. The third-order valence-corrected chi connectivity index (χ3v) is 2.85. The van der Waals surface area contributed by atoms with Crippen LogP contribution >= 0.6 is 0 Å². The fourth-order valence-corrected chi connectivity index (χ4v) is 1.68. The highest BCUT2D eigenvalue weighted by Crippen LogP contribution is 2.22. The summed E-state index contributed by atoms with van der Waals surface area (Å²) in [6.07, 6.45) is 0. The molecule has 2 aromatic rings. The van der Waals surface area contributed by atoms with Gasteiger partial charge in [-0.1, -0.05) is 39.0 Å². The molecule has 0 aliphatic carbocycles. The van der Waals surface area contributed by atoms with E-state index in [0.29, 0.717) is 11.6 Å². The number of benzene rings is 1. The Balaban J connectivity index is 2.08. The molecular weight excluding hydrogens is 254 g/mol. The second kappa shape index (κ2) is 5.36. The number of carbonyl (C=O) groups excluding carboxylic acids is 1. The van der Waals surface area contributed by atoms with Gasteiger partial charge >= 0.3 is 0 Å². The van der Waals surface area contributed by atoms with Gasteiger partial charge in [0.1, 0.15) is 11.6 Å². The number of carbonyl (C=O) groups is 1. The Morgan fingerprint density at radius 2 is 1.95 bits per heavy atom. The number of nitrogen functional groups attached to an aromatic ring is 1. The SMILES string of the molecule is CC(C)(C)c1cc(N)n(C(=O)COc2ccccc2)n1. The topological polar surface area (TPSA) is 70.1 Å². The Morgan fingerprint density at radius 1 is 1.30 bits per heavy atom. The number of nitrogens with two attached hydrogens (primary N) is 1. The Bertz CT molecular complexity index is 597. The molecule has 1 aromatic heterocycles. The van der Waals surface area contributed by atoms with Gasteiger partial charge in [-0.2, -0.15) is 9.78 Å². The lowest BCUT2D eigenvalue weighted by Gasteiger charge is -2.13. The number of nitrogens with zero attached hydrogens (tertiary/aromatic N) is 2. The van der Waals surface area contributed by atoms with Crippen molar-refractivity contribution in [2.45, 2.75) is 26.2 Å². The van der Waals surface area contributed by atoms with Crippen LogP contribution in [0.5, 0.6) is 5.75 Å². The maximum absolute atomic E-state index is 12.1. The third-order valence-electron chi connectivity index (χ3n) is 2.85. The van der Waals surface area contributed by atoms with E-state index in [1.165, 1.54) is 4.68 Å². The van der Waals surface area contributed by atoms with Gasteiger partial charge in [-0.3, -0.25) is 4.79 Å². The van der Waals surface area contributed by atoms with Gasteiger partial charge in [0.2, 0.25) is 0 Å². The fourth-order valence-electron chi connectivity index (χ4n) is 1.68. The molecule has 5 heteroatoms. The highest BCUT2D eigenvalue weighted by molar-refractivity contribution is 5.82. The van der Waals surface area contributed by atoms with Crippen LogP contribution in [-0.4, -0.2) is 22.3 Å². The van der Waals surface area contributed by atoms with Crippen molar-refractivity contribution in [2.24, 2.45) is 0 Å². The molecule has 5 nitrogen and oxygen atoms in total. The van der Waals surface area contributed by atoms with E-state index in [2.05, 4.69) is 5.10 Å². The summed E-state index contributed by atoms with van der Waals surface area (Å²) in [6, 6.07) is 10.9. The van der Waals surface area contributed by atoms with Crippen LogP contribution in [0, 0.1) is 0 Å². The van der Waals surface area contributed by atoms with Gasteiger partial charge in [-0.25, -0.2) is 0 Å². The highest BCUT2D eigenvalue weighted by Gasteiger charge is 2.21. The van der Waals surface area contributed by atoms with Crippen LogP contribution < -0.4 is 10.5 Å². The largest absolute Gasteiger partial charge is 0.484 e. The first-order valence-electron chi connectivity index (χ1n) is 6.45. The van der Waals surface area contributed by atoms with E-state index >= 15 is 0 Å². The maximum Gasteiger partial charge on any atom is 0.286 e. The zero-order valence-corrected chi connectivity index (χ0v) is 12.0. The minimum Gasteiger partial charge on any atom is -0.484 e. The summed E-state index contributed by atoms with van der Waals surface area (Å²) in [6.45, 7) is 5.96. The molecule has 0 aliphatic heterocycles. The first-order valence-corrected chi connectivity index (χ1v) is 6.45. The molecule has 0 spiro atoms.